The van der Waals surface area contributed by atoms with Gasteiger partial charge in [0.15, 0.2) is 5.78 Å². The van der Waals surface area contributed by atoms with E-state index in [2.05, 4.69) is 10.3 Å². The molecule has 0 bridgehead atoms. The first-order chi connectivity index (χ1) is 17.4. The van der Waals surface area contributed by atoms with Crippen LogP contribution < -0.4 is 10.1 Å². The van der Waals surface area contributed by atoms with E-state index >= 15 is 0 Å². The number of phenols is 1. The van der Waals surface area contributed by atoms with E-state index in [0.29, 0.717) is 23.1 Å². The van der Waals surface area contributed by atoms with Crippen LogP contribution in [-0.4, -0.2) is 41.0 Å². The molecule has 1 unspecified atom stereocenters. The lowest BCUT2D eigenvalue weighted by molar-refractivity contribution is 0.0520. The van der Waals surface area contributed by atoms with Crippen molar-refractivity contribution in [1.29, 1.82) is 0 Å². The van der Waals surface area contributed by atoms with Gasteiger partial charge in [0.2, 0.25) is 0 Å². The Labute approximate surface area is 222 Å². The maximum atomic E-state index is 13.0. The number of carbonyl (C=O) groups excluding carboxylic acids is 2. The molecule has 194 valence electrons. The number of phenolic OH excluding ortho intramolecular Hbond substituents is 1. The molecular formula is C29H31ClN2O5. The third kappa shape index (κ3) is 7.12. The zero-order valence-corrected chi connectivity index (χ0v) is 21.6. The average molecular weight is 523 g/mol. The molecule has 0 saturated carbocycles. The predicted molar refractivity (Wildman–Crippen MR) is 146 cm³/mol. The van der Waals surface area contributed by atoms with Crippen LogP contribution in [0.5, 0.6) is 11.5 Å². The maximum absolute atomic E-state index is 13.0. The van der Waals surface area contributed by atoms with Gasteiger partial charge in [-0.05, 0) is 61.7 Å². The zero-order valence-electron chi connectivity index (χ0n) is 20.8. The normalized spacial score (nSPS) is 11.5. The Morgan fingerprint density at radius 2 is 1.73 bits per heavy atom. The zero-order chi connectivity index (χ0) is 25.5. The van der Waals surface area contributed by atoms with Gasteiger partial charge in [0.05, 0.1) is 18.7 Å². The van der Waals surface area contributed by atoms with Crippen molar-refractivity contribution in [2.75, 3.05) is 13.2 Å². The van der Waals surface area contributed by atoms with E-state index in [1.54, 1.807) is 19.1 Å². The SMILES string of the molecule is CCOC(=O)c1cc2c(C(=O)CNC(C)Cc3ccc(OCc4ccccc4)cc3)ccc(O)c2[nH]1.Cl. The van der Waals surface area contributed by atoms with Crippen LogP contribution >= 0.6 is 12.4 Å². The van der Waals surface area contributed by atoms with Crippen LogP contribution in [0.3, 0.4) is 0 Å². The number of Topliss-reactive ketones (excluding diaryl/α,β-unsaturated/α-hetero) is 1. The number of aromatic amines is 1. The van der Waals surface area contributed by atoms with Gasteiger partial charge in [-0.3, -0.25) is 4.79 Å². The second kappa shape index (κ2) is 12.9. The second-order valence-electron chi connectivity index (χ2n) is 8.65. The summed E-state index contributed by atoms with van der Waals surface area (Å²) in [5, 5.41) is 13.9. The highest BCUT2D eigenvalue weighted by Gasteiger charge is 2.18. The molecule has 7 nitrogen and oxygen atoms in total. The van der Waals surface area contributed by atoms with Crippen molar-refractivity contribution in [3.05, 3.63) is 95.2 Å². The van der Waals surface area contributed by atoms with Gasteiger partial charge in [0.25, 0.3) is 0 Å². The number of aromatic nitrogens is 1. The largest absolute Gasteiger partial charge is 0.506 e. The van der Waals surface area contributed by atoms with E-state index in [9.17, 15) is 14.7 Å². The molecule has 3 N–H and O–H groups in total. The number of ether oxygens (including phenoxy) is 2. The summed E-state index contributed by atoms with van der Waals surface area (Å²) in [6, 6.07) is 22.6. The Bertz CT molecular complexity index is 1340. The van der Waals surface area contributed by atoms with Crippen molar-refractivity contribution in [2.24, 2.45) is 0 Å². The number of rotatable bonds is 11. The summed E-state index contributed by atoms with van der Waals surface area (Å²) in [5.41, 5.74) is 3.21. The van der Waals surface area contributed by atoms with Crippen LogP contribution in [0, 0.1) is 0 Å². The van der Waals surface area contributed by atoms with Gasteiger partial charge < -0.3 is 24.9 Å². The third-order valence-electron chi connectivity index (χ3n) is 5.89. The van der Waals surface area contributed by atoms with E-state index in [-0.39, 0.29) is 48.8 Å². The van der Waals surface area contributed by atoms with Gasteiger partial charge in [-0.25, -0.2) is 4.79 Å². The standard InChI is InChI=1S/C29H30N2O5.ClH/c1-3-35-29(34)25-16-24-23(13-14-26(32)28(24)31-25)27(33)17-30-19(2)15-20-9-11-22(12-10-20)36-18-21-7-5-4-6-8-21;/h4-14,16,19,30-32H,3,15,17-18H2,1-2H3;1H. The number of hydrogen-bond acceptors (Lipinski definition) is 6. The molecule has 37 heavy (non-hydrogen) atoms. The van der Waals surface area contributed by atoms with Gasteiger partial charge in [0.1, 0.15) is 23.8 Å². The summed E-state index contributed by atoms with van der Waals surface area (Å²) in [6.07, 6.45) is 0.744. The highest BCUT2D eigenvalue weighted by Crippen LogP contribution is 2.28. The lowest BCUT2D eigenvalue weighted by Crippen LogP contribution is -2.33. The van der Waals surface area contributed by atoms with Crippen molar-refractivity contribution >= 4 is 35.1 Å². The molecule has 3 aromatic carbocycles. The smallest absolute Gasteiger partial charge is 0.354 e. The first-order valence-corrected chi connectivity index (χ1v) is 12.0. The van der Waals surface area contributed by atoms with Gasteiger partial charge in [-0.15, -0.1) is 12.4 Å². The quantitative estimate of drug-likeness (QED) is 0.179. The number of fused-ring (bicyclic) bond motifs is 1. The average Bonchev–Trinajstić information content (AvgIpc) is 3.35. The Balaban J connectivity index is 0.00000380. The molecule has 8 heteroatoms. The van der Waals surface area contributed by atoms with E-state index in [1.807, 2.05) is 61.5 Å². The lowest BCUT2D eigenvalue weighted by atomic mass is 10.0. The molecule has 1 aromatic heterocycles. The fraction of sp³-hybridized carbons (Fsp3) is 0.241. The van der Waals surface area contributed by atoms with Crippen LogP contribution in [0.2, 0.25) is 0 Å². The Morgan fingerprint density at radius 1 is 1.00 bits per heavy atom. The molecule has 1 atom stereocenters. The number of hydrogen-bond donors (Lipinski definition) is 3. The van der Waals surface area contributed by atoms with Crippen molar-refractivity contribution < 1.29 is 24.2 Å². The number of benzene rings is 3. The summed E-state index contributed by atoms with van der Waals surface area (Å²) >= 11 is 0. The van der Waals surface area contributed by atoms with Crippen LogP contribution in [0.1, 0.15) is 45.8 Å². The van der Waals surface area contributed by atoms with Crippen LogP contribution in [0.4, 0.5) is 0 Å². The van der Waals surface area contributed by atoms with Crippen molar-refractivity contribution in [3.8, 4) is 11.5 Å². The summed E-state index contributed by atoms with van der Waals surface area (Å²) in [7, 11) is 0. The van der Waals surface area contributed by atoms with Gasteiger partial charge in [-0.1, -0.05) is 42.5 Å². The summed E-state index contributed by atoms with van der Waals surface area (Å²) < 4.78 is 10.9. The Morgan fingerprint density at radius 3 is 2.43 bits per heavy atom. The van der Waals surface area contributed by atoms with E-state index in [1.165, 1.54) is 6.07 Å². The molecule has 0 saturated heterocycles. The lowest BCUT2D eigenvalue weighted by Gasteiger charge is -2.14. The Kier molecular flexibility index (Phi) is 9.71. The summed E-state index contributed by atoms with van der Waals surface area (Å²) in [6.45, 7) is 4.62. The van der Waals surface area contributed by atoms with E-state index in [0.717, 1.165) is 23.3 Å². The minimum absolute atomic E-state index is 0. The highest BCUT2D eigenvalue weighted by atomic mass is 35.5. The maximum Gasteiger partial charge on any atom is 0.354 e. The van der Waals surface area contributed by atoms with Crippen molar-refractivity contribution in [1.82, 2.24) is 10.3 Å². The first kappa shape index (κ1) is 27.8. The monoisotopic (exact) mass is 522 g/mol. The summed E-state index contributed by atoms with van der Waals surface area (Å²) in [4.78, 5) is 27.9. The number of nitrogens with one attached hydrogen (secondary N) is 2. The molecule has 0 radical (unpaired) electrons. The first-order valence-electron chi connectivity index (χ1n) is 12.0. The number of carbonyl (C=O) groups is 2. The fourth-order valence-corrected chi connectivity index (χ4v) is 4.02. The second-order valence-corrected chi connectivity index (χ2v) is 8.65. The van der Waals surface area contributed by atoms with Gasteiger partial charge in [-0.2, -0.15) is 0 Å². The molecule has 0 spiro atoms. The summed E-state index contributed by atoms with van der Waals surface area (Å²) in [5.74, 6) is 0.110. The molecule has 4 aromatic rings. The molecule has 0 fully saturated rings. The minimum Gasteiger partial charge on any atom is -0.506 e. The molecule has 1 heterocycles. The molecule has 0 aliphatic carbocycles. The number of halogens is 1. The molecular weight excluding hydrogens is 492 g/mol. The number of aromatic hydroxyl groups is 1. The van der Waals surface area contributed by atoms with Crippen LogP contribution in [-0.2, 0) is 17.8 Å². The molecule has 0 aliphatic heterocycles. The van der Waals surface area contributed by atoms with Crippen molar-refractivity contribution in [2.45, 2.75) is 32.9 Å². The highest BCUT2D eigenvalue weighted by molar-refractivity contribution is 6.11. The fourth-order valence-electron chi connectivity index (χ4n) is 4.02. The van der Waals surface area contributed by atoms with Crippen molar-refractivity contribution in [3.63, 3.8) is 0 Å². The van der Waals surface area contributed by atoms with Gasteiger partial charge >= 0.3 is 5.97 Å². The third-order valence-corrected chi connectivity index (χ3v) is 5.89. The number of esters is 1. The number of H-pyrrole nitrogens is 1. The topological polar surface area (TPSA) is 101 Å². The predicted octanol–water partition coefficient (Wildman–Crippen LogP) is 5.45. The number of ketones is 1. The van der Waals surface area contributed by atoms with E-state index < -0.39 is 5.97 Å². The molecule has 0 aliphatic rings. The van der Waals surface area contributed by atoms with Gasteiger partial charge in [0, 0.05) is 17.0 Å². The van der Waals surface area contributed by atoms with Crippen LogP contribution in [0.15, 0.2) is 72.8 Å². The Hall–Kier alpha value is -3.81. The molecule has 0 amide bonds. The van der Waals surface area contributed by atoms with Crippen LogP contribution in [0.25, 0.3) is 10.9 Å². The van der Waals surface area contributed by atoms with E-state index in [4.69, 9.17) is 9.47 Å². The minimum atomic E-state index is -0.533. The molecule has 4 rings (SSSR count).